The molecule has 0 amide bonds. The van der Waals surface area contributed by atoms with Crippen LogP contribution in [-0.4, -0.2) is 50.6 Å². The molecule has 2 heterocycles. The van der Waals surface area contributed by atoms with Gasteiger partial charge in [0, 0.05) is 42.4 Å². The smallest absolute Gasteiger partial charge is 0.221 e. The van der Waals surface area contributed by atoms with Crippen LogP contribution >= 0.6 is 34.9 Å². The second-order valence-electron chi connectivity index (χ2n) is 7.38. The van der Waals surface area contributed by atoms with E-state index in [1.807, 2.05) is 13.1 Å². The maximum atomic E-state index is 9.24. The highest BCUT2D eigenvalue weighted by Crippen LogP contribution is 2.57. The molecule has 5 nitrogen and oxygen atoms in total. The van der Waals surface area contributed by atoms with Crippen molar-refractivity contribution in [3.63, 3.8) is 0 Å². The largest absolute Gasteiger partial charge is 0.395 e. The van der Waals surface area contributed by atoms with Crippen molar-refractivity contribution in [2.45, 2.75) is 19.3 Å². The highest BCUT2D eigenvalue weighted by molar-refractivity contribution is 7.80. The lowest BCUT2D eigenvalue weighted by Gasteiger charge is -2.20. The number of nitrogens with one attached hydrogen (secondary N) is 1. The van der Waals surface area contributed by atoms with Gasteiger partial charge in [-0.2, -0.15) is 0 Å². The molecule has 0 fully saturated rings. The van der Waals surface area contributed by atoms with Gasteiger partial charge >= 0.3 is 0 Å². The van der Waals surface area contributed by atoms with Crippen LogP contribution in [0.4, 0.5) is 5.00 Å². The summed E-state index contributed by atoms with van der Waals surface area (Å²) in [6.07, 6.45) is 1.88. The summed E-state index contributed by atoms with van der Waals surface area (Å²) < 4.78 is 5.02. The van der Waals surface area contributed by atoms with E-state index in [0.717, 1.165) is 4.88 Å². The van der Waals surface area contributed by atoms with Gasteiger partial charge in [0.15, 0.2) is 0 Å². The topological polar surface area (TPSA) is 49.1 Å². The summed E-state index contributed by atoms with van der Waals surface area (Å²) in [5, 5.41) is 13.5. The van der Waals surface area contributed by atoms with Gasteiger partial charge in [-0.15, -0.1) is 22.7 Å². The van der Waals surface area contributed by atoms with Gasteiger partial charge in [0.25, 0.3) is 0 Å². The fourth-order valence-electron chi connectivity index (χ4n) is 3.36. The highest BCUT2D eigenvalue weighted by atomic mass is 32.1. The fraction of sp³-hybridized carbons (Fsp3) is 0.429. The van der Waals surface area contributed by atoms with Gasteiger partial charge in [-0.05, 0) is 29.3 Å². The lowest BCUT2D eigenvalue weighted by atomic mass is 9.84. The number of thiophene rings is 2. The monoisotopic (exact) mass is 447 g/mol. The predicted octanol–water partition coefficient (Wildman–Crippen LogP) is 4.37. The van der Waals surface area contributed by atoms with Gasteiger partial charge in [0.2, 0.25) is 5.70 Å². The summed E-state index contributed by atoms with van der Waals surface area (Å²) in [5.74, 6) is 0. The summed E-state index contributed by atoms with van der Waals surface area (Å²) in [5.41, 5.74) is 3.00. The number of nitrogens with zero attached hydrogens (tertiary/aromatic N) is 2. The Kier molecular flexibility index (Phi) is 6.76. The zero-order valence-electron chi connectivity index (χ0n) is 17.0. The average molecular weight is 448 g/mol. The molecule has 0 unspecified atom stereocenters. The van der Waals surface area contributed by atoms with Gasteiger partial charge < -0.3 is 20.1 Å². The van der Waals surface area contributed by atoms with Crippen molar-refractivity contribution in [2.24, 2.45) is 0 Å². The van der Waals surface area contributed by atoms with E-state index in [0.29, 0.717) is 30.4 Å². The molecule has 0 saturated carbocycles. The van der Waals surface area contributed by atoms with Crippen LogP contribution in [0.1, 0.15) is 29.9 Å². The number of aliphatic hydroxyl groups is 1. The molecule has 1 aliphatic carbocycles. The van der Waals surface area contributed by atoms with E-state index in [1.54, 1.807) is 29.8 Å². The van der Waals surface area contributed by atoms with Crippen molar-refractivity contribution >= 4 is 51.0 Å². The number of thiocarbonyl (C=S) groups is 1. The SMILES string of the molecule is [C-]#[N+]/C(=C\c1cc2c(s1)-c1sc(N(C)CCO)cc1C2(C)C)C(=S)NCCOC. The first-order valence-electron chi connectivity index (χ1n) is 9.30. The standard InChI is InChI=1S/C21H25N3O2S3/c1-21(2)14-10-13(11-16(22-3)20(27)23-6-9-26-5)28-18(14)19-15(21)12-17(29-19)24(4)7-8-25/h10-12,25H,6-9H2,1-2,4-5H3,(H,23,27)/b16-11-. The average Bonchev–Trinajstić information content (AvgIpc) is 3.34. The Hall–Kier alpha value is -1.76. The van der Waals surface area contributed by atoms with E-state index in [9.17, 15) is 5.11 Å². The molecule has 29 heavy (non-hydrogen) atoms. The van der Waals surface area contributed by atoms with Crippen LogP contribution in [0, 0.1) is 6.57 Å². The van der Waals surface area contributed by atoms with Crippen LogP contribution in [0.25, 0.3) is 20.7 Å². The van der Waals surface area contributed by atoms with Crippen LogP contribution in [0.15, 0.2) is 17.8 Å². The fourth-order valence-corrected chi connectivity index (χ4v) is 6.29. The molecule has 0 aliphatic heterocycles. The van der Waals surface area contributed by atoms with E-state index in [-0.39, 0.29) is 12.0 Å². The van der Waals surface area contributed by atoms with E-state index >= 15 is 0 Å². The van der Waals surface area contributed by atoms with Crippen molar-refractivity contribution in [1.82, 2.24) is 5.32 Å². The molecule has 2 aromatic heterocycles. The van der Waals surface area contributed by atoms with Gasteiger partial charge in [-0.3, -0.25) is 0 Å². The lowest BCUT2D eigenvalue weighted by molar-refractivity contribution is 0.204. The molecule has 3 rings (SSSR count). The minimum absolute atomic E-state index is 0.0858. The third kappa shape index (κ3) is 4.25. The normalized spacial score (nSPS) is 14.3. The Balaban J connectivity index is 1.92. The number of methoxy groups -OCH3 is 1. The molecule has 0 atom stereocenters. The number of hydrogen-bond donors (Lipinski definition) is 2. The number of fused-ring (bicyclic) bond motifs is 3. The minimum Gasteiger partial charge on any atom is -0.395 e. The predicted molar refractivity (Wildman–Crippen MR) is 127 cm³/mol. The van der Waals surface area contributed by atoms with Crippen molar-refractivity contribution in [1.29, 1.82) is 0 Å². The number of hydrogen-bond acceptors (Lipinski definition) is 6. The maximum Gasteiger partial charge on any atom is 0.221 e. The molecule has 8 heteroatoms. The van der Waals surface area contributed by atoms with Crippen molar-refractivity contribution < 1.29 is 9.84 Å². The Morgan fingerprint density at radius 2 is 2.03 bits per heavy atom. The molecular formula is C21H25N3O2S3. The molecule has 154 valence electrons. The highest BCUT2D eigenvalue weighted by Gasteiger charge is 2.39. The number of likely N-dealkylation sites (N-methyl/N-ethyl adjacent to an activating group) is 1. The second kappa shape index (κ2) is 8.94. The van der Waals surface area contributed by atoms with Crippen LogP contribution in [0.3, 0.4) is 0 Å². The Labute approximate surface area is 185 Å². The summed E-state index contributed by atoms with van der Waals surface area (Å²) in [7, 11) is 3.64. The van der Waals surface area contributed by atoms with Crippen LogP contribution in [0.2, 0.25) is 0 Å². The van der Waals surface area contributed by atoms with Crippen molar-refractivity contribution in [3.8, 4) is 9.75 Å². The summed E-state index contributed by atoms with van der Waals surface area (Å²) in [4.78, 5) is 9.76. The van der Waals surface area contributed by atoms with Crippen LogP contribution < -0.4 is 10.2 Å². The zero-order valence-corrected chi connectivity index (χ0v) is 19.5. The molecule has 2 N–H and O–H groups in total. The molecule has 0 aromatic carbocycles. The Morgan fingerprint density at radius 1 is 1.34 bits per heavy atom. The molecular weight excluding hydrogens is 422 g/mol. The molecule has 2 aromatic rings. The molecule has 0 bridgehead atoms. The van der Waals surface area contributed by atoms with Crippen LogP contribution in [-0.2, 0) is 10.2 Å². The Morgan fingerprint density at radius 3 is 2.69 bits per heavy atom. The molecule has 0 radical (unpaired) electrons. The lowest BCUT2D eigenvalue weighted by Crippen LogP contribution is -2.25. The number of rotatable bonds is 8. The Bertz CT molecular complexity index is 982. The first kappa shape index (κ1) is 21.9. The summed E-state index contributed by atoms with van der Waals surface area (Å²) in [6.45, 7) is 13.9. The molecule has 0 spiro atoms. The van der Waals surface area contributed by atoms with Gasteiger partial charge in [-0.1, -0.05) is 26.1 Å². The van der Waals surface area contributed by atoms with Gasteiger partial charge in [0.1, 0.15) is 4.99 Å². The van der Waals surface area contributed by atoms with Gasteiger partial charge in [0.05, 0.1) is 29.7 Å². The van der Waals surface area contributed by atoms with E-state index in [1.165, 1.54) is 25.9 Å². The quantitative estimate of drug-likeness (QED) is 0.272. The zero-order chi connectivity index (χ0) is 21.2. The van der Waals surface area contributed by atoms with Crippen molar-refractivity contribution in [3.05, 3.63) is 45.3 Å². The maximum absolute atomic E-state index is 9.24. The molecule has 0 saturated heterocycles. The summed E-state index contributed by atoms with van der Waals surface area (Å²) >= 11 is 8.84. The minimum atomic E-state index is -0.0858. The first-order valence-corrected chi connectivity index (χ1v) is 11.3. The number of anilines is 1. The van der Waals surface area contributed by atoms with E-state index in [2.05, 4.69) is 41.0 Å². The first-order chi connectivity index (χ1) is 13.8. The summed E-state index contributed by atoms with van der Waals surface area (Å²) in [6, 6.07) is 4.43. The molecule has 1 aliphatic rings. The number of ether oxygens (including phenoxy) is 1. The van der Waals surface area contributed by atoms with Gasteiger partial charge in [-0.25, -0.2) is 4.85 Å². The van der Waals surface area contributed by atoms with E-state index < -0.39 is 0 Å². The number of aliphatic hydroxyl groups excluding tert-OH is 1. The second-order valence-corrected chi connectivity index (χ2v) is 9.90. The third-order valence-corrected chi connectivity index (χ3v) is 7.91. The van der Waals surface area contributed by atoms with E-state index in [4.69, 9.17) is 23.5 Å². The third-order valence-electron chi connectivity index (χ3n) is 5.06. The van der Waals surface area contributed by atoms with Crippen LogP contribution in [0.5, 0.6) is 0 Å². The van der Waals surface area contributed by atoms with Crippen molar-refractivity contribution in [2.75, 3.05) is 45.4 Å².